The molecule has 1 amide bonds. The van der Waals surface area contributed by atoms with Crippen LogP contribution in [0.5, 0.6) is 0 Å². The van der Waals surface area contributed by atoms with Crippen LogP contribution >= 0.6 is 0 Å². The number of hydrogen-bond donors (Lipinski definition) is 1. The summed E-state index contributed by atoms with van der Waals surface area (Å²) in [7, 11) is 0. The lowest BCUT2D eigenvalue weighted by Gasteiger charge is -2.29. The minimum atomic E-state index is -1.08. The maximum absolute atomic E-state index is 11.5. The summed E-state index contributed by atoms with van der Waals surface area (Å²) in [5.74, 6) is -2.13. The van der Waals surface area contributed by atoms with Crippen molar-refractivity contribution in [2.45, 2.75) is 6.23 Å². The summed E-state index contributed by atoms with van der Waals surface area (Å²) in [6, 6.07) is 0. The van der Waals surface area contributed by atoms with E-state index in [2.05, 4.69) is 10.2 Å². The monoisotopic (exact) mass is 212 g/mol. The first kappa shape index (κ1) is 9.66. The smallest absolute Gasteiger partial charge is 0.356 e. The second-order valence-electron chi connectivity index (χ2n) is 2.96. The molecule has 15 heavy (non-hydrogen) atoms. The Balaban J connectivity index is 2.24. The van der Waals surface area contributed by atoms with Crippen LogP contribution in [0.25, 0.3) is 0 Å². The van der Waals surface area contributed by atoms with Gasteiger partial charge in [0.15, 0.2) is 0 Å². The molecule has 2 aliphatic rings. The molecule has 2 aliphatic heterocycles. The van der Waals surface area contributed by atoms with Gasteiger partial charge in [-0.15, -0.1) is 0 Å². The summed E-state index contributed by atoms with van der Waals surface area (Å²) in [6.07, 6.45) is 0.747. The summed E-state index contributed by atoms with van der Waals surface area (Å²) in [5, 5.41) is 3.56. The van der Waals surface area contributed by atoms with Crippen LogP contribution in [0.15, 0.2) is 12.2 Å². The molecule has 0 radical (unpaired) electrons. The van der Waals surface area contributed by atoms with Crippen LogP contribution in [0.3, 0.4) is 0 Å². The third-order valence-corrected chi connectivity index (χ3v) is 1.90. The molecule has 0 aromatic carbocycles. The van der Waals surface area contributed by atoms with Crippen LogP contribution < -0.4 is 5.32 Å². The van der Waals surface area contributed by atoms with E-state index in [1.807, 2.05) is 0 Å². The van der Waals surface area contributed by atoms with Crippen molar-refractivity contribution in [3.05, 3.63) is 12.2 Å². The SMILES string of the molecule is O=C1/C=C\C(=O)ON2CCNC(O1)C2=O. The van der Waals surface area contributed by atoms with Gasteiger partial charge in [-0.1, -0.05) is 0 Å². The quantitative estimate of drug-likeness (QED) is 0.482. The maximum Gasteiger partial charge on any atom is 0.356 e. The fraction of sp³-hybridized carbons (Fsp3) is 0.375. The van der Waals surface area contributed by atoms with Gasteiger partial charge in [0.2, 0.25) is 6.23 Å². The number of amides is 1. The van der Waals surface area contributed by atoms with E-state index in [4.69, 9.17) is 4.74 Å². The zero-order valence-electron chi connectivity index (χ0n) is 7.63. The fourth-order valence-electron chi connectivity index (χ4n) is 1.24. The number of nitrogens with zero attached hydrogens (tertiary/aromatic N) is 1. The Labute approximate surface area is 84.6 Å². The Morgan fingerprint density at radius 3 is 2.80 bits per heavy atom. The summed E-state index contributed by atoms with van der Waals surface area (Å²) >= 11 is 0. The summed E-state index contributed by atoms with van der Waals surface area (Å²) < 4.78 is 4.74. The number of nitrogens with one attached hydrogen (secondary N) is 1. The maximum atomic E-state index is 11.5. The number of fused-ring (bicyclic) bond motifs is 2. The van der Waals surface area contributed by atoms with E-state index in [0.717, 1.165) is 17.2 Å². The van der Waals surface area contributed by atoms with Crippen LogP contribution in [-0.4, -0.2) is 42.2 Å². The molecule has 0 aromatic heterocycles. The molecule has 2 heterocycles. The first-order chi connectivity index (χ1) is 7.16. The van der Waals surface area contributed by atoms with E-state index >= 15 is 0 Å². The van der Waals surface area contributed by atoms with E-state index in [1.54, 1.807) is 0 Å². The number of carbonyl (C=O) groups is 3. The van der Waals surface area contributed by atoms with E-state index < -0.39 is 24.1 Å². The Morgan fingerprint density at radius 1 is 1.27 bits per heavy atom. The largest absolute Gasteiger partial charge is 0.434 e. The fourth-order valence-corrected chi connectivity index (χ4v) is 1.24. The highest BCUT2D eigenvalue weighted by Crippen LogP contribution is 2.07. The lowest BCUT2D eigenvalue weighted by Crippen LogP contribution is -2.56. The van der Waals surface area contributed by atoms with E-state index in [-0.39, 0.29) is 6.54 Å². The summed E-state index contributed by atoms with van der Waals surface area (Å²) in [6.45, 7) is 0.615. The highest BCUT2D eigenvalue weighted by Gasteiger charge is 2.34. The molecular formula is C8H8N2O5. The Hall–Kier alpha value is -1.89. The summed E-state index contributed by atoms with van der Waals surface area (Å²) in [4.78, 5) is 38.3. The van der Waals surface area contributed by atoms with Crippen molar-refractivity contribution >= 4 is 17.8 Å². The molecule has 7 nitrogen and oxygen atoms in total. The van der Waals surface area contributed by atoms with Gasteiger partial charge in [-0.2, -0.15) is 5.06 Å². The van der Waals surface area contributed by atoms with Crippen LogP contribution in [0.1, 0.15) is 0 Å². The van der Waals surface area contributed by atoms with Crippen LogP contribution in [0, 0.1) is 0 Å². The highest BCUT2D eigenvalue weighted by molar-refractivity contribution is 5.95. The third-order valence-electron chi connectivity index (χ3n) is 1.90. The molecule has 0 saturated carbocycles. The lowest BCUT2D eigenvalue weighted by atomic mass is 10.4. The standard InChI is InChI=1S/C8H8N2O5/c11-5-1-2-6(12)15-10-4-3-9-7(14-5)8(10)13/h1-2,7,9H,3-4H2/b2-1-. The van der Waals surface area contributed by atoms with Crippen molar-refractivity contribution < 1.29 is 24.0 Å². The van der Waals surface area contributed by atoms with Gasteiger partial charge < -0.3 is 9.57 Å². The molecule has 2 bridgehead atoms. The van der Waals surface area contributed by atoms with Crippen molar-refractivity contribution in [1.82, 2.24) is 10.4 Å². The average molecular weight is 212 g/mol. The van der Waals surface area contributed by atoms with Gasteiger partial charge in [0.1, 0.15) is 0 Å². The molecule has 80 valence electrons. The van der Waals surface area contributed by atoms with E-state index in [0.29, 0.717) is 6.54 Å². The molecule has 0 spiro atoms. The van der Waals surface area contributed by atoms with Crippen molar-refractivity contribution in [3.63, 3.8) is 0 Å². The minimum absolute atomic E-state index is 0.229. The number of rotatable bonds is 0. The van der Waals surface area contributed by atoms with Gasteiger partial charge in [-0.3, -0.25) is 10.1 Å². The molecule has 2 rings (SSSR count). The van der Waals surface area contributed by atoms with Gasteiger partial charge in [-0.25, -0.2) is 9.59 Å². The third kappa shape index (κ3) is 1.96. The second kappa shape index (κ2) is 3.70. The van der Waals surface area contributed by atoms with Crippen molar-refractivity contribution in [3.8, 4) is 0 Å². The molecule has 0 aliphatic carbocycles. The predicted molar refractivity (Wildman–Crippen MR) is 44.8 cm³/mol. The average Bonchev–Trinajstić information content (AvgIpc) is 2.24. The van der Waals surface area contributed by atoms with Gasteiger partial charge >= 0.3 is 17.8 Å². The zero-order chi connectivity index (χ0) is 10.8. The van der Waals surface area contributed by atoms with Crippen molar-refractivity contribution in [2.24, 2.45) is 0 Å². The molecule has 1 N–H and O–H groups in total. The van der Waals surface area contributed by atoms with E-state index in [9.17, 15) is 14.4 Å². The Bertz CT molecular complexity index is 321. The molecule has 1 atom stereocenters. The second-order valence-corrected chi connectivity index (χ2v) is 2.96. The van der Waals surface area contributed by atoms with Gasteiger partial charge in [0.05, 0.1) is 6.54 Å². The van der Waals surface area contributed by atoms with Gasteiger partial charge in [0.25, 0.3) is 0 Å². The van der Waals surface area contributed by atoms with Crippen molar-refractivity contribution in [2.75, 3.05) is 13.1 Å². The Morgan fingerprint density at radius 2 is 2.00 bits per heavy atom. The number of ether oxygens (including phenoxy) is 1. The number of esters is 1. The topological polar surface area (TPSA) is 84.9 Å². The first-order valence-electron chi connectivity index (χ1n) is 4.32. The number of piperazine rings is 1. The number of hydroxylamine groups is 2. The first-order valence-corrected chi connectivity index (χ1v) is 4.32. The molecule has 1 unspecified atom stereocenters. The molecule has 1 fully saturated rings. The van der Waals surface area contributed by atoms with Gasteiger partial charge in [-0.05, 0) is 0 Å². The van der Waals surface area contributed by atoms with E-state index in [1.165, 1.54) is 0 Å². The normalized spacial score (nSPS) is 28.4. The predicted octanol–water partition coefficient (Wildman–Crippen LogP) is -1.68. The molecule has 0 aromatic rings. The molecular weight excluding hydrogens is 204 g/mol. The van der Waals surface area contributed by atoms with Gasteiger partial charge in [0, 0.05) is 18.7 Å². The highest BCUT2D eigenvalue weighted by atomic mass is 16.7. The summed E-state index contributed by atoms with van der Waals surface area (Å²) in [5.41, 5.74) is 0. The Kier molecular flexibility index (Phi) is 2.38. The minimum Gasteiger partial charge on any atom is -0.434 e. The van der Waals surface area contributed by atoms with Crippen LogP contribution in [0.2, 0.25) is 0 Å². The zero-order valence-corrected chi connectivity index (χ0v) is 7.63. The van der Waals surface area contributed by atoms with Crippen LogP contribution in [-0.2, 0) is 24.0 Å². The molecule has 7 heteroatoms. The van der Waals surface area contributed by atoms with Crippen molar-refractivity contribution in [1.29, 1.82) is 0 Å². The number of hydrogen-bond acceptors (Lipinski definition) is 6. The lowest BCUT2D eigenvalue weighted by molar-refractivity contribution is -0.206. The molecule has 1 saturated heterocycles. The van der Waals surface area contributed by atoms with Crippen LogP contribution in [0.4, 0.5) is 0 Å². The number of carbonyl (C=O) groups excluding carboxylic acids is 3.